The smallest absolute Gasteiger partial charge is 0.147 e. The first-order chi connectivity index (χ1) is 10.0. The molecule has 2 aromatic rings. The fourth-order valence-corrected chi connectivity index (χ4v) is 3.13. The zero-order valence-corrected chi connectivity index (χ0v) is 13.3. The Morgan fingerprint density at radius 1 is 1.05 bits per heavy atom. The lowest BCUT2D eigenvalue weighted by Crippen LogP contribution is -2.09. The molecule has 21 heavy (non-hydrogen) atoms. The number of halogens is 3. The molecule has 1 atom stereocenters. The number of aryl methyl sites for hydroxylation is 2. The van der Waals surface area contributed by atoms with E-state index < -0.39 is 11.6 Å². The third-order valence-electron chi connectivity index (χ3n) is 4.00. The van der Waals surface area contributed by atoms with Crippen molar-refractivity contribution >= 4 is 21.6 Å². The van der Waals surface area contributed by atoms with Crippen LogP contribution in [0.15, 0.2) is 34.8 Å². The molecule has 0 amide bonds. The number of hydrogen-bond donors (Lipinski definition) is 1. The average molecular weight is 352 g/mol. The monoisotopic (exact) mass is 351 g/mol. The van der Waals surface area contributed by atoms with Crippen LogP contribution in [0, 0.1) is 11.6 Å². The SMILES string of the molecule is CC(Nc1cc(F)c(Br)cc1F)c1ccc2c(c1)CCC2. The van der Waals surface area contributed by atoms with E-state index in [9.17, 15) is 8.78 Å². The van der Waals surface area contributed by atoms with Crippen LogP contribution in [-0.2, 0) is 12.8 Å². The van der Waals surface area contributed by atoms with Crippen molar-refractivity contribution in [2.45, 2.75) is 32.2 Å². The first kappa shape index (κ1) is 14.5. The summed E-state index contributed by atoms with van der Waals surface area (Å²) in [5.74, 6) is -0.934. The Morgan fingerprint density at radius 2 is 1.81 bits per heavy atom. The Hall–Kier alpha value is -1.42. The lowest BCUT2D eigenvalue weighted by molar-refractivity contribution is 0.595. The predicted octanol–water partition coefficient (Wildman–Crippen LogP) is 5.39. The van der Waals surface area contributed by atoms with Crippen molar-refractivity contribution in [1.82, 2.24) is 0 Å². The topological polar surface area (TPSA) is 12.0 Å². The Balaban J connectivity index is 1.83. The van der Waals surface area contributed by atoms with Gasteiger partial charge >= 0.3 is 0 Å². The van der Waals surface area contributed by atoms with Gasteiger partial charge in [0.05, 0.1) is 10.2 Å². The molecule has 1 aliphatic rings. The molecular formula is C17H16BrF2N. The second-order valence-corrected chi connectivity index (χ2v) is 6.35. The molecule has 1 unspecified atom stereocenters. The van der Waals surface area contributed by atoms with Gasteiger partial charge in [-0.15, -0.1) is 0 Å². The molecule has 0 saturated heterocycles. The maximum atomic E-state index is 13.9. The average Bonchev–Trinajstić information content (AvgIpc) is 2.92. The predicted molar refractivity (Wildman–Crippen MR) is 84.6 cm³/mol. The molecule has 2 aromatic carbocycles. The van der Waals surface area contributed by atoms with Crippen molar-refractivity contribution in [2.24, 2.45) is 0 Å². The summed E-state index contributed by atoms with van der Waals surface area (Å²) in [6, 6.07) is 8.64. The van der Waals surface area contributed by atoms with E-state index in [2.05, 4.69) is 39.4 Å². The van der Waals surface area contributed by atoms with Crippen LogP contribution in [0.2, 0.25) is 0 Å². The quantitative estimate of drug-likeness (QED) is 0.731. The van der Waals surface area contributed by atoms with Crippen LogP contribution in [-0.4, -0.2) is 0 Å². The number of hydrogen-bond acceptors (Lipinski definition) is 1. The summed E-state index contributed by atoms with van der Waals surface area (Å²) in [4.78, 5) is 0. The Labute approximate surface area is 131 Å². The molecule has 4 heteroatoms. The summed E-state index contributed by atoms with van der Waals surface area (Å²) in [5, 5.41) is 3.05. The summed E-state index contributed by atoms with van der Waals surface area (Å²) in [6.07, 6.45) is 3.45. The minimum atomic E-state index is -0.472. The highest BCUT2D eigenvalue weighted by molar-refractivity contribution is 9.10. The summed E-state index contributed by atoms with van der Waals surface area (Å²) in [6.45, 7) is 1.95. The van der Waals surface area contributed by atoms with Crippen LogP contribution in [0.3, 0.4) is 0 Å². The van der Waals surface area contributed by atoms with Gasteiger partial charge in [0.15, 0.2) is 0 Å². The Bertz CT molecular complexity index is 685. The summed E-state index contributed by atoms with van der Waals surface area (Å²) in [7, 11) is 0. The van der Waals surface area contributed by atoms with Crippen molar-refractivity contribution in [3.05, 3.63) is 63.1 Å². The second-order valence-electron chi connectivity index (χ2n) is 5.49. The number of fused-ring (bicyclic) bond motifs is 1. The van der Waals surface area contributed by atoms with Gasteiger partial charge in [-0.2, -0.15) is 0 Å². The van der Waals surface area contributed by atoms with Gasteiger partial charge in [-0.05, 0) is 64.9 Å². The van der Waals surface area contributed by atoms with E-state index >= 15 is 0 Å². The fourth-order valence-electron chi connectivity index (χ4n) is 2.81. The molecule has 3 rings (SSSR count). The highest BCUT2D eigenvalue weighted by Crippen LogP contribution is 2.29. The largest absolute Gasteiger partial charge is 0.376 e. The maximum absolute atomic E-state index is 13.9. The zero-order chi connectivity index (χ0) is 15.0. The molecule has 1 aliphatic carbocycles. The molecule has 110 valence electrons. The first-order valence-electron chi connectivity index (χ1n) is 7.07. The maximum Gasteiger partial charge on any atom is 0.147 e. The van der Waals surface area contributed by atoms with Crippen LogP contribution in [0.4, 0.5) is 14.5 Å². The van der Waals surface area contributed by atoms with Crippen molar-refractivity contribution in [3.8, 4) is 0 Å². The van der Waals surface area contributed by atoms with E-state index in [0.717, 1.165) is 24.5 Å². The summed E-state index contributed by atoms with van der Waals surface area (Å²) >= 11 is 2.98. The molecule has 0 heterocycles. The van der Waals surface area contributed by atoms with Crippen LogP contribution in [0.25, 0.3) is 0 Å². The zero-order valence-electron chi connectivity index (χ0n) is 11.7. The van der Waals surface area contributed by atoms with Crippen molar-refractivity contribution < 1.29 is 8.78 Å². The van der Waals surface area contributed by atoms with Crippen LogP contribution < -0.4 is 5.32 Å². The Morgan fingerprint density at radius 3 is 2.62 bits per heavy atom. The highest BCUT2D eigenvalue weighted by atomic mass is 79.9. The minimum Gasteiger partial charge on any atom is -0.376 e. The van der Waals surface area contributed by atoms with Gasteiger partial charge < -0.3 is 5.32 Å². The van der Waals surface area contributed by atoms with Gasteiger partial charge in [0.2, 0.25) is 0 Å². The molecule has 1 nitrogen and oxygen atoms in total. The molecule has 0 aliphatic heterocycles. The normalized spacial score (nSPS) is 14.9. The molecule has 0 saturated carbocycles. The van der Waals surface area contributed by atoms with Crippen molar-refractivity contribution in [2.75, 3.05) is 5.32 Å². The van der Waals surface area contributed by atoms with Gasteiger partial charge in [-0.25, -0.2) is 8.78 Å². The van der Waals surface area contributed by atoms with Gasteiger partial charge in [-0.1, -0.05) is 18.2 Å². The number of rotatable bonds is 3. The number of benzene rings is 2. The standard InChI is InChI=1S/C17H16BrF2N/c1-10(12-6-5-11-3-2-4-13(11)7-12)21-17-9-15(19)14(18)8-16(17)20/h5-10,21H,2-4H2,1H3. The van der Waals surface area contributed by atoms with Gasteiger partial charge in [0.1, 0.15) is 11.6 Å². The number of nitrogens with one attached hydrogen (secondary N) is 1. The van der Waals surface area contributed by atoms with E-state index in [1.54, 1.807) is 0 Å². The molecule has 0 bridgehead atoms. The molecule has 0 aromatic heterocycles. The Kier molecular flexibility index (Phi) is 3.98. The third-order valence-corrected chi connectivity index (χ3v) is 4.61. The van der Waals surface area contributed by atoms with Gasteiger partial charge in [0, 0.05) is 12.1 Å². The number of anilines is 1. The lowest BCUT2D eigenvalue weighted by Gasteiger charge is -2.17. The minimum absolute atomic E-state index is 0.0778. The van der Waals surface area contributed by atoms with Crippen molar-refractivity contribution in [1.29, 1.82) is 0 Å². The van der Waals surface area contributed by atoms with Crippen molar-refractivity contribution in [3.63, 3.8) is 0 Å². The third kappa shape index (κ3) is 2.95. The van der Waals surface area contributed by atoms with Crippen LogP contribution >= 0.6 is 15.9 Å². The van der Waals surface area contributed by atoms with E-state index in [1.165, 1.54) is 23.6 Å². The van der Waals surface area contributed by atoms with E-state index in [1.807, 2.05) is 6.92 Å². The van der Waals surface area contributed by atoms with E-state index in [-0.39, 0.29) is 16.2 Å². The second kappa shape index (κ2) is 5.76. The highest BCUT2D eigenvalue weighted by Gasteiger charge is 2.15. The lowest BCUT2D eigenvalue weighted by atomic mass is 10.0. The summed E-state index contributed by atoms with van der Waals surface area (Å²) < 4.78 is 27.5. The molecule has 0 fully saturated rings. The fraction of sp³-hybridized carbons (Fsp3) is 0.294. The molecule has 0 spiro atoms. The van der Waals surface area contributed by atoms with Crippen LogP contribution in [0.1, 0.15) is 36.1 Å². The van der Waals surface area contributed by atoms with Gasteiger partial charge in [0.25, 0.3) is 0 Å². The summed E-state index contributed by atoms with van der Waals surface area (Å²) in [5.41, 5.74) is 4.07. The van der Waals surface area contributed by atoms with E-state index in [4.69, 9.17) is 0 Å². The van der Waals surface area contributed by atoms with Gasteiger partial charge in [-0.3, -0.25) is 0 Å². The molecular weight excluding hydrogens is 336 g/mol. The van der Waals surface area contributed by atoms with E-state index in [0.29, 0.717) is 0 Å². The first-order valence-corrected chi connectivity index (χ1v) is 7.86. The molecule has 0 radical (unpaired) electrons. The molecule has 1 N–H and O–H groups in total. The van der Waals surface area contributed by atoms with Crippen LogP contribution in [0.5, 0.6) is 0 Å².